The van der Waals surface area contributed by atoms with E-state index < -0.39 is 0 Å². The van der Waals surface area contributed by atoms with Crippen molar-refractivity contribution in [1.29, 1.82) is 0 Å². The lowest BCUT2D eigenvalue weighted by molar-refractivity contribution is 0.570. The fourth-order valence-corrected chi connectivity index (χ4v) is 5.20. The molecule has 212 valence electrons. The van der Waals surface area contributed by atoms with Gasteiger partial charge in [0, 0.05) is 33.5 Å². The number of nitrogens with zero attached hydrogens (tertiary/aromatic N) is 3. The summed E-state index contributed by atoms with van der Waals surface area (Å²) in [7, 11) is 0. The summed E-state index contributed by atoms with van der Waals surface area (Å²) in [6, 6.07) is 44.7. The van der Waals surface area contributed by atoms with E-state index in [1.54, 1.807) is 0 Å². The molecule has 0 atom stereocenters. The average Bonchev–Trinajstić information content (AvgIpc) is 3.05. The van der Waals surface area contributed by atoms with Gasteiger partial charge in [-0.1, -0.05) is 132 Å². The average molecular weight is 560 g/mol. The maximum Gasteiger partial charge on any atom is 0.160 e. The molecule has 6 aromatic rings. The van der Waals surface area contributed by atoms with E-state index in [1.165, 1.54) is 11.1 Å². The first-order chi connectivity index (χ1) is 20.7. The Labute approximate surface area is 255 Å². The lowest BCUT2D eigenvalue weighted by Gasteiger charge is -2.20. The predicted octanol–water partition coefficient (Wildman–Crippen LogP) is 10.6. The molecular weight excluding hydrogens is 522 g/mol. The number of aromatic nitrogens is 3. The van der Waals surface area contributed by atoms with Gasteiger partial charge in [0.1, 0.15) is 0 Å². The van der Waals surface area contributed by atoms with E-state index >= 15 is 0 Å². The lowest BCUT2D eigenvalue weighted by atomic mass is 9.89. The molecule has 0 N–H and O–H groups in total. The Bertz CT molecular complexity index is 1870. The van der Waals surface area contributed by atoms with Crippen molar-refractivity contribution in [2.75, 3.05) is 0 Å². The first-order valence-electron chi connectivity index (χ1n) is 15.0. The van der Waals surface area contributed by atoms with Crippen LogP contribution >= 0.6 is 0 Å². The standard InChI is InChI=1S/C40H37N3/c1-27(2)35-26-37(43-39(42-35)29-16-10-7-11-17-29)33-21-13-19-31(23-33)30-18-12-20-32(22-30)36-24-34(28-14-8-6-9-15-28)25-38(41-36)40(3,4)5/h6-27H,1-5H3. The van der Waals surface area contributed by atoms with E-state index in [9.17, 15) is 0 Å². The van der Waals surface area contributed by atoms with E-state index in [4.69, 9.17) is 15.0 Å². The van der Waals surface area contributed by atoms with Gasteiger partial charge in [-0.05, 0) is 58.5 Å². The summed E-state index contributed by atoms with van der Waals surface area (Å²) in [5.41, 5.74) is 11.8. The molecule has 0 aliphatic rings. The van der Waals surface area contributed by atoms with Gasteiger partial charge in [0.25, 0.3) is 0 Å². The molecule has 43 heavy (non-hydrogen) atoms. The Morgan fingerprint density at radius 2 is 0.953 bits per heavy atom. The summed E-state index contributed by atoms with van der Waals surface area (Å²) >= 11 is 0. The SMILES string of the molecule is CC(C)c1cc(-c2cccc(-c3cccc(-c4cc(-c5ccccc5)cc(C(C)(C)C)n4)c3)c2)nc(-c2ccccc2)n1. The number of hydrogen-bond donors (Lipinski definition) is 0. The van der Waals surface area contributed by atoms with Gasteiger partial charge in [0.2, 0.25) is 0 Å². The Morgan fingerprint density at radius 1 is 0.442 bits per heavy atom. The molecular formula is C40H37N3. The van der Waals surface area contributed by atoms with Gasteiger partial charge in [-0.25, -0.2) is 9.97 Å². The second kappa shape index (κ2) is 11.8. The Balaban J connectivity index is 1.41. The third-order valence-electron chi connectivity index (χ3n) is 7.72. The molecule has 0 aliphatic heterocycles. The minimum atomic E-state index is -0.0730. The first-order valence-corrected chi connectivity index (χ1v) is 15.0. The molecule has 2 heterocycles. The predicted molar refractivity (Wildman–Crippen MR) is 180 cm³/mol. The third-order valence-corrected chi connectivity index (χ3v) is 7.72. The van der Waals surface area contributed by atoms with Crippen LogP contribution in [-0.4, -0.2) is 15.0 Å². The van der Waals surface area contributed by atoms with Crippen LogP contribution in [0.15, 0.2) is 127 Å². The summed E-state index contributed by atoms with van der Waals surface area (Å²) in [6.45, 7) is 11.0. The molecule has 6 rings (SSSR count). The number of pyridine rings is 1. The summed E-state index contributed by atoms with van der Waals surface area (Å²) in [5.74, 6) is 1.05. The van der Waals surface area contributed by atoms with Crippen molar-refractivity contribution in [3.8, 4) is 56.2 Å². The highest BCUT2D eigenvalue weighted by Gasteiger charge is 2.19. The van der Waals surface area contributed by atoms with E-state index in [0.29, 0.717) is 5.92 Å². The van der Waals surface area contributed by atoms with Crippen LogP contribution in [0.25, 0.3) is 56.2 Å². The molecule has 2 aromatic heterocycles. The molecule has 3 heteroatoms. The zero-order valence-corrected chi connectivity index (χ0v) is 25.5. The Hall–Kier alpha value is -4.89. The van der Waals surface area contributed by atoms with Crippen molar-refractivity contribution in [3.05, 3.63) is 139 Å². The molecule has 0 spiro atoms. The summed E-state index contributed by atoms with van der Waals surface area (Å²) in [5, 5.41) is 0. The van der Waals surface area contributed by atoms with Crippen molar-refractivity contribution < 1.29 is 0 Å². The molecule has 0 amide bonds. The molecule has 4 aromatic carbocycles. The molecule has 0 saturated carbocycles. The zero-order chi connectivity index (χ0) is 30.0. The zero-order valence-electron chi connectivity index (χ0n) is 25.5. The van der Waals surface area contributed by atoms with Gasteiger partial charge in [-0.15, -0.1) is 0 Å². The summed E-state index contributed by atoms with van der Waals surface area (Å²) < 4.78 is 0. The van der Waals surface area contributed by atoms with Crippen molar-refractivity contribution >= 4 is 0 Å². The van der Waals surface area contributed by atoms with Gasteiger partial charge in [0.15, 0.2) is 5.82 Å². The molecule has 0 radical (unpaired) electrons. The first kappa shape index (κ1) is 28.2. The minimum Gasteiger partial charge on any atom is -0.252 e. The Kier molecular flexibility index (Phi) is 7.73. The van der Waals surface area contributed by atoms with Crippen molar-refractivity contribution in [1.82, 2.24) is 15.0 Å². The highest BCUT2D eigenvalue weighted by molar-refractivity contribution is 5.78. The highest BCUT2D eigenvalue weighted by atomic mass is 14.9. The fourth-order valence-electron chi connectivity index (χ4n) is 5.20. The van der Waals surface area contributed by atoms with Gasteiger partial charge in [-0.3, -0.25) is 4.98 Å². The van der Waals surface area contributed by atoms with Gasteiger partial charge < -0.3 is 0 Å². The van der Waals surface area contributed by atoms with E-state index in [1.807, 2.05) is 18.2 Å². The summed E-state index contributed by atoms with van der Waals surface area (Å²) in [6.07, 6.45) is 0. The second-order valence-electron chi connectivity index (χ2n) is 12.4. The molecule has 3 nitrogen and oxygen atoms in total. The maximum absolute atomic E-state index is 5.15. The van der Waals surface area contributed by atoms with Crippen LogP contribution in [0, 0.1) is 0 Å². The molecule has 0 bridgehead atoms. The maximum atomic E-state index is 5.15. The van der Waals surface area contributed by atoms with Crippen molar-refractivity contribution in [3.63, 3.8) is 0 Å². The smallest absolute Gasteiger partial charge is 0.160 e. The number of rotatable bonds is 6. The molecule has 0 saturated heterocycles. The number of hydrogen-bond acceptors (Lipinski definition) is 3. The fraction of sp³-hybridized carbons (Fsp3) is 0.175. The third kappa shape index (κ3) is 6.32. The molecule has 0 aliphatic carbocycles. The van der Waals surface area contributed by atoms with Crippen molar-refractivity contribution in [2.45, 2.75) is 46.0 Å². The largest absolute Gasteiger partial charge is 0.252 e. The van der Waals surface area contributed by atoms with Gasteiger partial charge in [-0.2, -0.15) is 0 Å². The summed E-state index contributed by atoms with van der Waals surface area (Å²) in [4.78, 5) is 15.0. The minimum absolute atomic E-state index is 0.0730. The van der Waals surface area contributed by atoms with Crippen LogP contribution in [-0.2, 0) is 5.41 Å². The van der Waals surface area contributed by atoms with Crippen molar-refractivity contribution in [2.24, 2.45) is 0 Å². The topological polar surface area (TPSA) is 38.7 Å². The van der Waals surface area contributed by atoms with Gasteiger partial charge in [0.05, 0.1) is 11.4 Å². The molecule has 0 unspecified atom stereocenters. The van der Waals surface area contributed by atoms with Crippen LogP contribution in [0.3, 0.4) is 0 Å². The highest BCUT2D eigenvalue weighted by Crippen LogP contribution is 2.34. The van der Waals surface area contributed by atoms with Crippen LogP contribution < -0.4 is 0 Å². The normalized spacial score (nSPS) is 11.6. The van der Waals surface area contributed by atoms with Crippen LogP contribution in [0.1, 0.15) is 51.9 Å². The van der Waals surface area contributed by atoms with E-state index in [-0.39, 0.29) is 5.41 Å². The van der Waals surface area contributed by atoms with E-state index in [0.717, 1.165) is 56.4 Å². The Morgan fingerprint density at radius 3 is 1.51 bits per heavy atom. The monoisotopic (exact) mass is 559 g/mol. The van der Waals surface area contributed by atoms with Crippen LogP contribution in [0.5, 0.6) is 0 Å². The quantitative estimate of drug-likeness (QED) is 0.204. The number of benzene rings is 4. The van der Waals surface area contributed by atoms with Gasteiger partial charge >= 0.3 is 0 Å². The molecule has 0 fully saturated rings. The lowest BCUT2D eigenvalue weighted by Crippen LogP contribution is -2.14. The van der Waals surface area contributed by atoms with Crippen LogP contribution in [0.4, 0.5) is 0 Å². The van der Waals surface area contributed by atoms with Crippen LogP contribution in [0.2, 0.25) is 0 Å². The van der Waals surface area contributed by atoms with E-state index in [2.05, 4.69) is 144 Å². The second-order valence-corrected chi connectivity index (χ2v) is 12.4.